The Hall–Kier alpha value is -2.41. The van der Waals surface area contributed by atoms with Gasteiger partial charge in [0, 0.05) is 24.9 Å². The molecule has 4 nitrogen and oxygen atoms in total. The van der Waals surface area contributed by atoms with Crippen LogP contribution < -0.4 is 33.4 Å². The van der Waals surface area contributed by atoms with E-state index in [1.54, 1.807) is 18.0 Å². The molecule has 0 spiro atoms. The van der Waals surface area contributed by atoms with Gasteiger partial charge in [0.15, 0.2) is 0 Å². The summed E-state index contributed by atoms with van der Waals surface area (Å²) in [6.45, 7) is 4.46. The number of aromatic nitrogens is 1. The van der Waals surface area contributed by atoms with Crippen molar-refractivity contribution < 1.29 is 37.8 Å². The minimum absolute atomic E-state index is 0. The van der Waals surface area contributed by atoms with Crippen molar-refractivity contribution in [1.29, 1.82) is 0 Å². The second kappa shape index (κ2) is 9.33. The van der Waals surface area contributed by atoms with E-state index in [4.69, 9.17) is 4.42 Å². The van der Waals surface area contributed by atoms with E-state index in [-0.39, 0.29) is 29.9 Å². The fraction of sp³-hybridized carbons (Fsp3) is 0.143. The predicted molar refractivity (Wildman–Crippen MR) is 99.9 cm³/mol. The maximum Gasteiger partial charge on any atom is 0.374 e. The average Bonchev–Trinajstić information content (AvgIpc) is 2.99. The molecule has 2 aromatic carbocycles. The molecule has 134 valence electrons. The van der Waals surface area contributed by atoms with Crippen molar-refractivity contribution in [3.05, 3.63) is 78.8 Å². The lowest BCUT2D eigenvalue weighted by atomic mass is 10.3. The Labute approximate surface area is 170 Å². The van der Waals surface area contributed by atoms with Crippen LogP contribution in [0.15, 0.2) is 77.4 Å². The highest BCUT2D eigenvalue weighted by Crippen LogP contribution is 2.15. The first-order chi connectivity index (χ1) is 12.2. The fourth-order valence-electron chi connectivity index (χ4n) is 2.74. The van der Waals surface area contributed by atoms with Crippen LogP contribution in [0, 0.1) is 0 Å². The zero-order chi connectivity index (χ0) is 17.6. The van der Waals surface area contributed by atoms with Gasteiger partial charge < -0.3 is 28.4 Å². The Morgan fingerprint density at radius 3 is 2.46 bits per heavy atom. The summed E-state index contributed by atoms with van der Waals surface area (Å²) in [6, 6.07) is 17.5. The molecule has 0 fully saturated rings. The number of nitrogens with zero attached hydrogens (tertiary/aromatic N) is 2. The van der Waals surface area contributed by atoms with E-state index in [0.29, 0.717) is 0 Å². The molecule has 1 amide bonds. The summed E-state index contributed by atoms with van der Waals surface area (Å²) in [5.41, 5.74) is 2.78. The van der Waals surface area contributed by atoms with E-state index in [1.165, 1.54) is 0 Å². The minimum atomic E-state index is -0.0387. The molecule has 0 saturated heterocycles. The van der Waals surface area contributed by atoms with Crippen LogP contribution in [0.5, 0.6) is 0 Å². The number of amides is 1. The molecular weight excluding hydrogens is 439 g/mol. The molecule has 0 N–H and O–H groups in total. The van der Waals surface area contributed by atoms with Crippen LogP contribution in [0.2, 0.25) is 0 Å². The number of halogens is 1. The van der Waals surface area contributed by atoms with Gasteiger partial charge in [-0.05, 0) is 31.2 Å². The molecule has 0 aliphatic heterocycles. The Balaban J connectivity index is 0.00000243. The number of benzene rings is 2. The SMILES string of the molecule is CC[n+]1c(C=CC=CN(C(C)=O)c2ccccc2)oc2ccccc21.[I-]. The highest BCUT2D eigenvalue weighted by molar-refractivity contribution is 5.93. The number of carbonyl (C=O) groups excluding carboxylic acids is 1. The van der Waals surface area contributed by atoms with E-state index in [2.05, 4.69) is 11.5 Å². The van der Waals surface area contributed by atoms with Crippen molar-refractivity contribution in [3.8, 4) is 0 Å². The first-order valence-corrected chi connectivity index (χ1v) is 8.32. The number of para-hydroxylation sites is 3. The number of hydrogen-bond donors (Lipinski definition) is 0. The fourth-order valence-corrected chi connectivity index (χ4v) is 2.74. The molecule has 3 aromatic rings. The van der Waals surface area contributed by atoms with Gasteiger partial charge >= 0.3 is 5.89 Å². The first kappa shape index (κ1) is 19.9. The number of aryl methyl sites for hydroxylation is 1. The number of oxazole rings is 1. The monoisotopic (exact) mass is 460 g/mol. The molecule has 0 bridgehead atoms. The van der Waals surface area contributed by atoms with Crippen LogP contribution in [0.25, 0.3) is 17.2 Å². The van der Waals surface area contributed by atoms with Crippen molar-refractivity contribution in [2.24, 2.45) is 0 Å². The number of fused-ring (bicyclic) bond motifs is 1. The maximum atomic E-state index is 11.9. The third kappa shape index (κ3) is 4.40. The second-order valence-corrected chi connectivity index (χ2v) is 5.58. The van der Waals surface area contributed by atoms with Crippen molar-refractivity contribution in [1.82, 2.24) is 0 Å². The summed E-state index contributed by atoms with van der Waals surface area (Å²) in [7, 11) is 0. The van der Waals surface area contributed by atoms with Gasteiger partial charge in [-0.3, -0.25) is 9.69 Å². The standard InChI is InChI=1S/C21H21N2O2.HI/c1-3-22-19-13-7-8-14-20(19)25-21(22)15-9-10-16-23(17(2)24)18-11-5-4-6-12-18;/h4-16H,3H2,1-2H3;1H/q+1;/p-1. The van der Waals surface area contributed by atoms with Gasteiger partial charge in [-0.1, -0.05) is 36.4 Å². The maximum absolute atomic E-state index is 11.9. The lowest BCUT2D eigenvalue weighted by Crippen LogP contribution is -3.00. The third-order valence-electron chi connectivity index (χ3n) is 3.91. The predicted octanol–water partition coefficient (Wildman–Crippen LogP) is 1.32. The molecule has 0 aliphatic carbocycles. The lowest BCUT2D eigenvalue weighted by molar-refractivity contribution is -0.674. The number of hydrogen-bond acceptors (Lipinski definition) is 2. The van der Waals surface area contributed by atoms with E-state index in [1.807, 2.05) is 72.8 Å². The van der Waals surface area contributed by atoms with E-state index in [9.17, 15) is 4.79 Å². The average molecular weight is 460 g/mol. The summed E-state index contributed by atoms with van der Waals surface area (Å²) in [5, 5.41) is 0. The van der Waals surface area contributed by atoms with Crippen LogP contribution in [0.4, 0.5) is 5.69 Å². The van der Waals surface area contributed by atoms with E-state index < -0.39 is 0 Å². The van der Waals surface area contributed by atoms with Crippen molar-refractivity contribution in [3.63, 3.8) is 0 Å². The third-order valence-corrected chi connectivity index (χ3v) is 3.91. The first-order valence-electron chi connectivity index (χ1n) is 8.32. The van der Waals surface area contributed by atoms with Crippen LogP contribution in [0.3, 0.4) is 0 Å². The van der Waals surface area contributed by atoms with Crippen molar-refractivity contribution in [2.45, 2.75) is 20.4 Å². The highest BCUT2D eigenvalue weighted by atomic mass is 127. The van der Waals surface area contributed by atoms with Gasteiger partial charge in [0.1, 0.15) is 6.54 Å². The topological polar surface area (TPSA) is 37.3 Å². The lowest BCUT2D eigenvalue weighted by Gasteiger charge is -2.15. The van der Waals surface area contributed by atoms with Gasteiger partial charge in [0.2, 0.25) is 11.5 Å². The van der Waals surface area contributed by atoms with Gasteiger partial charge in [0.05, 0.1) is 6.08 Å². The van der Waals surface area contributed by atoms with E-state index >= 15 is 0 Å². The Bertz CT molecular complexity index is 930. The van der Waals surface area contributed by atoms with Gasteiger partial charge in [0.25, 0.3) is 5.52 Å². The summed E-state index contributed by atoms with van der Waals surface area (Å²) < 4.78 is 8.00. The Kier molecular flexibility index (Phi) is 7.15. The molecule has 0 saturated carbocycles. The molecule has 0 unspecified atom stereocenters. The summed E-state index contributed by atoms with van der Waals surface area (Å²) in [5.74, 6) is 0.741. The van der Waals surface area contributed by atoms with Crippen LogP contribution in [0.1, 0.15) is 19.7 Å². The molecule has 0 radical (unpaired) electrons. The molecule has 0 aliphatic rings. The molecule has 5 heteroatoms. The quantitative estimate of drug-likeness (QED) is 0.328. The number of anilines is 1. The largest absolute Gasteiger partial charge is 1.00 e. The van der Waals surface area contributed by atoms with Crippen LogP contribution in [-0.4, -0.2) is 5.91 Å². The van der Waals surface area contributed by atoms with Crippen molar-refractivity contribution >= 4 is 28.8 Å². The number of carbonyl (C=O) groups is 1. The van der Waals surface area contributed by atoms with Crippen LogP contribution in [-0.2, 0) is 11.3 Å². The molecule has 1 heterocycles. The summed E-state index contributed by atoms with van der Waals surface area (Å²) >= 11 is 0. The van der Waals surface area contributed by atoms with E-state index in [0.717, 1.165) is 29.2 Å². The normalized spacial score (nSPS) is 11.2. The second-order valence-electron chi connectivity index (χ2n) is 5.58. The molecule has 0 atom stereocenters. The molecule has 3 rings (SSSR count). The minimum Gasteiger partial charge on any atom is -1.00 e. The van der Waals surface area contributed by atoms with Crippen molar-refractivity contribution in [2.75, 3.05) is 4.90 Å². The zero-order valence-electron chi connectivity index (χ0n) is 14.8. The van der Waals surface area contributed by atoms with Gasteiger partial charge in [-0.2, -0.15) is 4.57 Å². The molecule has 26 heavy (non-hydrogen) atoms. The zero-order valence-corrected chi connectivity index (χ0v) is 17.0. The van der Waals surface area contributed by atoms with Gasteiger partial charge in [-0.15, -0.1) is 0 Å². The Morgan fingerprint density at radius 1 is 1.08 bits per heavy atom. The summed E-state index contributed by atoms with van der Waals surface area (Å²) in [4.78, 5) is 13.5. The Morgan fingerprint density at radius 2 is 1.77 bits per heavy atom. The molecule has 1 aromatic heterocycles. The highest BCUT2D eigenvalue weighted by Gasteiger charge is 2.17. The number of rotatable bonds is 5. The van der Waals surface area contributed by atoms with Crippen LogP contribution >= 0.6 is 0 Å². The van der Waals surface area contributed by atoms with Gasteiger partial charge in [-0.25, -0.2) is 0 Å². The number of allylic oxidation sites excluding steroid dienone is 2. The molecular formula is C21H21IN2O2. The summed E-state index contributed by atoms with van der Waals surface area (Å²) in [6.07, 6.45) is 7.38. The smallest absolute Gasteiger partial charge is 0.374 e.